The summed E-state index contributed by atoms with van der Waals surface area (Å²) in [5.74, 6) is -2.06. The third-order valence-electron chi connectivity index (χ3n) is 7.53. The van der Waals surface area contributed by atoms with Gasteiger partial charge in [-0.2, -0.15) is 13.2 Å². The number of likely N-dealkylation sites (tertiary alicyclic amines) is 1. The van der Waals surface area contributed by atoms with Crippen molar-refractivity contribution in [3.63, 3.8) is 0 Å². The van der Waals surface area contributed by atoms with Gasteiger partial charge in [0.2, 0.25) is 0 Å². The first-order valence-corrected chi connectivity index (χ1v) is 12.4. The lowest BCUT2D eigenvalue weighted by atomic mass is 9.95. The van der Waals surface area contributed by atoms with E-state index >= 15 is 0 Å². The fourth-order valence-corrected chi connectivity index (χ4v) is 5.52. The van der Waals surface area contributed by atoms with Gasteiger partial charge in [-0.15, -0.1) is 0 Å². The number of benzene rings is 2. The molecule has 5 nitrogen and oxygen atoms in total. The van der Waals surface area contributed by atoms with Crippen molar-refractivity contribution < 1.29 is 41.0 Å². The molecule has 5 rings (SSSR count). The van der Waals surface area contributed by atoms with Crippen molar-refractivity contribution in [2.75, 3.05) is 26.8 Å². The molecule has 2 aromatic carbocycles. The fourth-order valence-electron chi connectivity index (χ4n) is 5.52. The number of esters is 1. The Labute approximate surface area is 211 Å². The number of methoxy groups -OCH3 is 1. The van der Waals surface area contributed by atoms with E-state index in [2.05, 4.69) is 0 Å². The Hall–Kier alpha value is -2.88. The second-order valence-electron chi connectivity index (χ2n) is 9.92. The number of piperidine rings is 1. The van der Waals surface area contributed by atoms with Crippen molar-refractivity contribution in [2.45, 2.75) is 62.8 Å². The molecule has 0 aromatic heterocycles. The summed E-state index contributed by atoms with van der Waals surface area (Å²) in [5, 5.41) is 0. The van der Waals surface area contributed by atoms with Crippen LogP contribution in [0.1, 0.15) is 65.5 Å². The van der Waals surface area contributed by atoms with E-state index in [1.54, 1.807) is 17.0 Å². The van der Waals surface area contributed by atoms with Crippen molar-refractivity contribution >= 4 is 5.97 Å². The predicted octanol–water partition coefficient (Wildman–Crippen LogP) is 6.04. The number of carbonyl (C=O) groups excluding carboxylic acids is 1. The van der Waals surface area contributed by atoms with E-state index in [4.69, 9.17) is 14.2 Å². The van der Waals surface area contributed by atoms with Crippen LogP contribution < -0.4 is 9.47 Å². The minimum absolute atomic E-state index is 0.0188. The fraction of sp³-hybridized carbons (Fsp3) is 0.519. The van der Waals surface area contributed by atoms with Gasteiger partial charge in [0, 0.05) is 50.0 Å². The first kappa shape index (κ1) is 25.8. The van der Waals surface area contributed by atoms with Crippen molar-refractivity contribution in [1.82, 2.24) is 4.90 Å². The minimum Gasteiger partial charge on any atom is -0.492 e. The van der Waals surface area contributed by atoms with E-state index in [0.717, 1.165) is 11.6 Å². The molecular formula is C27H28F5NO4. The standard InChI is InChI=1S/C27H28F5NO4/c1-35-25(34)12-16-15-36-24-13-17(2-3-18(16)24)37-23-7-5-19-20(23)4-6-22(27(30,31)32)21(19)14-33-10-8-26(28,29)9-11-33/h2-4,6,13,16,23H,5,7-12,14-15H2,1H3/t16?,23-/m1/s1. The monoisotopic (exact) mass is 525 g/mol. The van der Waals surface area contributed by atoms with Crippen LogP contribution in [-0.2, 0) is 28.7 Å². The molecule has 1 aliphatic carbocycles. The third kappa shape index (κ3) is 5.39. The molecular weight excluding hydrogens is 497 g/mol. The molecule has 1 unspecified atom stereocenters. The molecule has 1 fully saturated rings. The lowest BCUT2D eigenvalue weighted by Crippen LogP contribution is -2.39. The van der Waals surface area contributed by atoms with Crippen LogP contribution in [0.25, 0.3) is 0 Å². The van der Waals surface area contributed by atoms with Crippen molar-refractivity contribution in [2.24, 2.45) is 0 Å². The lowest BCUT2D eigenvalue weighted by Gasteiger charge is -2.33. The first-order chi connectivity index (χ1) is 17.5. The Kier molecular flexibility index (Phi) is 6.81. The van der Waals surface area contributed by atoms with Gasteiger partial charge in [0.25, 0.3) is 5.92 Å². The quantitative estimate of drug-likeness (QED) is 0.340. The second-order valence-corrected chi connectivity index (χ2v) is 9.92. The molecule has 2 aromatic rings. The summed E-state index contributed by atoms with van der Waals surface area (Å²) >= 11 is 0. The molecule has 37 heavy (non-hydrogen) atoms. The van der Waals surface area contributed by atoms with Gasteiger partial charge in [-0.3, -0.25) is 9.69 Å². The van der Waals surface area contributed by atoms with E-state index in [0.29, 0.717) is 42.1 Å². The molecule has 2 aliphatic heterocycles. The van der Waals surface area contributed by atoms with Gasteiger partial charge in [-0.1, -0.05) is 12.1 Å². The normalized spacial score (nSPS) is 22.8. The number of hydrogen-bond acceptors (Lipinski definition) is 5. The first-order valence-electron chi connectivity index (χ1n) is 12.4. The largest absolute Gasteiger partial charge is 0.492 e. The average molecular weight is 526 g/mol. The Morgan fingerprint density at radius 3 is 2.57 bits per heavy atom. The molecule has 1 saturated heterocycles. The highest BCUT2D eigenvalue weighted by Crippen LogP contribution is 2.44. The summed E-state index contributed by atoms with van der Waals surface area (Å²) in [6.45, 7) is 0.446. The molecule has 0 spiro atoms. The van der Waals surface area contributed by atoms with Crippen molar-refractivity contribution in [1.29, 1.82) is 0 Å². The van der Waals surface area contributed by atoms with E-state index < -0.39 is 23.8 Å². The van der Waals surface area contributed by atoms with Gasteiger partial charge in [0.05, 0.1) is 25.7 Å². The number of carbonyl (C=O) groups is 1. The highest BCUT2D eigenvalue weighted by atomic mass is 19.4. The Bertz CT molecular complexity index is 1170. The lowest BCUT2D eigenvalue weighted by molar-refractivity contribution is -0.141. The molecule has 2 atom stereocenters. The van der Waals surface area contributed by atoms with Crippen molar-refractivity contribution in [3.8, 4) is 11.5 Å². The van der Waals surface area contributed by atoms with E-state index in [9.17, 15) is 26.7 Å². The summed E-state index contributed by atoms with van der Waals surface area (Å²) in [6, 6.07) is 7.90. The number of halogens is 5. The predicted molar refractivity (Wildman–Crippen MR) is 124 cm³/mol. The van der Waals surface area contributed by atoms with Crippen LogP contribution in [0.5, 0.6) is 11.5 Å². The number of rotatable bonds is 6. The van der Waals surface area contributed by atoms with E-state index in [1.165, 1.54) is 13.2 Å². The van der Waals surface area contributed by atoms with Crippen LogP contribution in [0.3, 0.4) is 0 Å². The van der Waals surface area contributed by atoms with Crippen LogP contribution in [0.2, 0.25) is 0 Å². The van der Waals surface area contributed by atoms with E-state index in [-0.39, 0.29) is 56.3 Å². The smallest absolute Gasteiger partial charge is 0.416 e. The molecule has 0 radical (unpaired) electrons. The summed E-state index contributed by atoms with van der Waals surface area (Å²) in [4.78, 5) is 13.3. The Morgan fingerprint density at radius 1 is 1.14 bits per heavy atom. The van der Waals surface area contributed by atoms with Gasteiger partial charge in [0.1, 0.15) is 17.6 Å². The maximum Gasteiger partial charge on any atom is 0.416 e. The minimum atomic E-state index is -4.54. The third-order valence-corrected chi connectivity index (χ3v) is 7.53. The van der Waals surface area contributed by atoms with Crippen LogP contribution in [0.15, 0.2) is 30.3 Å². The van der Waals surface area contributed by atoms with Crippen LogP contribution in [-0.4, -0.2) is 43.6 Å². The van der Waals surface area contributed by atoms with Gasteiger partial charge in [-0.05, 0) is 41.7 Å². The summed E-state index contributed by atoms with van der Waals surface area (Å²) in [7, 11) is 1.34. The average Bonchev–Trinajstić information content (AvgIpc) is 3.44. The molecule has 0 amide bonds. The second kappa shape index (κ2) is 9.78. The van der Waals surface area contributed by atoms with Crippen LogP contribution >= 0.6 is 0 Å². The molecule has 3 aliphatic rings. The number of alkyl halides is 5. The summed E-state index contributed by atoms with van der Waals surface area (Å²) in [5.41, 5.74) is 1.60. The molecule has 10 heteroatoms. The number of nitrogens with zero attached hydrogens (tertiary/aromatic N) is 1. The number of fused-ring (bicyclic) bond motifs is 2. The van der Waals surface area contributed by atoms with Gasteiger partial charge >= 0.3 is 12.1 Å². The van der Waals surface area contributed by atoms with Gasteiger partial charge in [-0.25, -0.2) is 8.78 Å². The highest BCUT2D eigenvalue weighted by molar-refractivity contribution is 5.71. The molecule has 2 heterocycles. The maximum absolute atomic E-state index is 13.9. The topological polar surface area (TPSA) is 48.0 Å². The Morgan fingerprint density at radius 2 is 1.86 bits per heavy atom. The van der Waals surface area contributed by atoms with Gasteiger partial charge in [0.15, 0.2) is 0 Å². The maximum atomic E-state index is 13.9. The molecule has 0 N–H and O–H groups in total. The zero-order valence-corrected chi connectivity index (χ0v) is 20.4. The summed E-state index contributed by atoms with van der Waals surface area (Å²) < 4.78 is 85.5. The molecule has 200 valence electrons. The van der Waals surface area contributed by atoms with Gasteiger partial charge < -0.3 is 14.2 Å². The SMILES string of the molecule is COC(=O)CC1COc2cc(O[C@@H]3CCc4c3ccc(C(F)(F)F)c4CN3CCC(F)(F)CC3)ccc21. The summed E-state index contributed by atoms with van der Waals surface area (Å²) in [6.07, 6.45) is -4.56. The zero-order valence-electron chi connectivity index (χ0n) is 20.4. The van der Waals surface area contributed by atoms with Crippen molar-refractivity contribution in [3.05, 3.63) is 58.1 Å². The van der Waals surface area contributed by atoms with E-state index in [1.807, 2.05) is 6.07 Å². The number of hydrogen-bond donors (Lipinski definition) is 0. The molecule has 0 saturated carbocycles. The Balaban J connectivity index is 1.36. The number of ether oxygens (including phenoxy) is 3. The van der Waals surface area contributed by atoms with Crippen LogP contribution in [0, 0.1) is 0 Å². The molecule has 0 bridgehead atoms. The van der Waals surface area contributed by atoms with Crippen LogP contribution in [0.4, 0.5) is 22.0 Å². The zero-order chi connectivity index (χ0) is 26.4. The highest BCUT2D eigenvalue weighted by Gasteiger charge is 2.40.